The van der Waals surface area contributed by atoms with Gasteiger partial charge in [-0.2, -0.15) is 11.3 Å². The van der Waals surface area contributed by atoms with Crippen LogP contribution in [0.1, 0.15) is 21.5 Å². The Hall–Kier alpha value is -2.14. The number of carboxylic acid groups (broad SMARTS) is 1. The average Bonchev–Trinajstić information content (AvgIpc) is 2.98. The molecule has 0 atom stereocenters. The minimum Gasteiger partial charge on any atom is -0.478 e. The molecule has 1 aromatic heterocycles. The number of carboxylic acids is 1. The van der Waals surface area contributed by atoms with Crippen molar-refractivity contribution in [1.82, 2.24) is 0 Å². The lowest BCUT2D eigenvalue weighted by Crippen LogP contribution is -2.25. The number of thiophene rings is 1. The highest BCUT2D eigenvalue weighted by atomic mass is 32.1. The van der Waals surface area contributed by atoms with E-state index in [0.29, 0.717) is 13.0 Å². The van der Waals surface area contributed by atoms with Gasteiger partial charge in [-0.15, -0.1) is 0 Å². The summed E-state index contributed by atoms with van der Waals surface area (Å²) in [4.78, 5) is 24.7. The molecular formula is C14H11NO3S. The second kappa shape index (κ2) is 4.51. The number of benzene rings is 1. The maximum atomic E-state index is 12.0. The van der Waals surface area contributed by atoms with E-state index < -0.39 is 5.97 Å². The minimum absolute atomic E-state index is 0.0174. The van der Waals surface area contributed by atoms with Crippen molar-refractivity contribution in [3.8, 4) is 0 Å². The first-order valence-electron chi connectivity index (χ1n) is 5.83. The molecule has 96 valence electrons. The fourth-order valence-electron chi connectivity index (χ4n) is 2.23. The predicted molar refractivity (Wildman–Crippen MR) is 72.6 cm³/mol. The number of aromatic carboxylic acids is 1. The summed E-state index contributed by atoms with van der Waals surface area (Å²) in [5, 5.41) is 13.0. The zero-order chi connectivity index (χ0) is 13.4. The molecule has 4 nitrogen and oxygen atoms in total. The van der Waals surface area contributed by atoms with Crippen LogP contribution < -0.4 is 4.90 Å². The fraction of sp³-hybridized carbons (Fsp3) is 0.143. The molecule has 1 aliphatic heterocycles. The summed E-state index contributed by atoms with van der Waals surface area (Å²) in [6.45, 7) is 0.498. The third-order valence-corrected chi connectivity index (χ3v) is 3.92. The minimum atomic E-state index is -0.974. The second-order valence-electron chi connectivity index (χ2n) is 4.44. The number of hydrogen-bond acceptors (Lipinski definition) is 3. The highest BCUT2D eigenvalue weighted by molar-refractivity contribution is 7.07. The van der Waals surface area contributed by atoms with Gasteiger partial charge in [0.2, 0.25) is 5.91 Å². The van der Waals surface area contributed by atoms with Gasteiger partial charge in [0.1, 0.15) is 0 Å². The van der Waals surface area contributed by atoms with E-state index >= 15 is 0 Å². The monoisotopic (exact) mass is 273 g/mol. The van der Waals surface area contributed by atoms with Gasteiger partial charge in [-0.25, -0.2) is 4.79 Å². The fourth-order valence-corrected chi connectivity index (χ4v) is 2.89. The Morgan fingerprint density at radius 1 is 1.37 bits per heavy atom. The lowest BCUT2D eigenvalue weighted by Gasteiger charge is -2.17. The van der Waals surface area contributed by atoms with Gasteiger partial charge >= 0.3 is 5.97 Å². The number of hydrogen-bond donors (Lipinski definition) is 1. The van der Waals surface area contributed by atoms with E-state index in [9.17, 15) is 9.59 Å². The molecule has 2 aromatic rings. The van der Waals surface area contributed by atoms with Crippen LogP contribution in [-0.4, -0.2) is 17.0 Å². The van der Waals surface area contributed by atoms with Crippen LogP contribution in [0.4, 0.5) is 5.69 Å². The van der Waals surface area contributed by atoms with E-state index in [2.05, 4.69) is 0 Å². The number of carbonyl (C=O) groups excluding carboxylic acids is 1. The van der Waals surface area contributed by atoms with Gasteiger partial charge in [-0.05, 0) is 40.1 Å². The smallest absolute Gasteiger partial charge is 0.335 e. The summed E-state index contributed by atoms with van der Waals surface area (Å²) in [6.07, 6.45) is 0.347. The van der Waals surface area contributed by atoms with E-state index in [4.69, 9.17) is 5.11 Å². The first kappa shape index (κ1) is 11.9. The molecule has 0 spiro atoms. The Labute approximate surface area is 113 Å². The molecule has 19 heavy (non-hydrogen) atoms. The van der Waals surface area contributed by atoms with Gasteiger partial charge in [0.25, 0.3) is 0 Å². The molecule has 0 aliphatic carbocycles. The molecule has 0 unspecified atom stereocenters. The first-order valence-corrected chi connectivity index (χ1v) is 6.77. The Balaban J connectivity index is 1.97. The number of anilines is 1. The zero-order valence-corrected chi connectivity index (χ0v) is 10.8. The van der Waals surface area contributed by atoms with Crippen molar-refractivity contribution in [2.24, 2.45) is 0 Å². The molecule has 1 amide bonds. The number of amides is 1. The van der Waals surface area contributed by atoms with Crippen molar-refractivity contribution in [3.05, 3.63) is 51.7 Å². The van der Waals surface area contributed by atoms with Gasteiger partial charge in [0, 0.05) is 5.69 Å². The zero-order valence-electron chi connectivity index (χ0n) is 10.00. The highest BCUT2D eigenvalue weighted by Gasteiger charge is 2.28. The van der Waals surface area contributed by atoms with Crippen LogP contribution in [0.15, 0.2) is 35.0 Å². The van der Waals surface area contributed by atoms with Gasteiger partial charge in [0.15, 0.2) is 0 Å². The van der Waals surface area contributed by atoms with E-state index in [-0.39, 0.29) is 11.5 Å². The van der Waals surface area contributed by atoms with Crippen LogP contribution in [0.25, 0.3) is 0 Å². The summed E-state index contributed by atoms with van der Waals surface area (Å²) in [5.74, 6) is -0.957. The Morgan fingerprint density at radius 3 is 2.89 bits per heavy atom. The average molecular weight is 273 g/mol. The molecule has 5 heteroatoms. The summed E-state index contributed by atoms with van der Waals surface area (Å²) < 4.78 is 0. The van der Waals surface area contributed by atoms with Crippen LogP contribution >= 0.6 is 11.3 Å². The van der Waals surface area contributed by atoms with Crippen LogP contribution in [0, 0.1) is 0 Å². The maximum Gasteiger partial charge on any atom is 0.335 e. The summed E-state index contributed by atoms with van der Waals surface area (Å²) in [5.41, 5.74) is 2.89. The van der Waals surface area contributed by atoms with Gasteiger partial charge in [0.05, 0.1) is 18.5 Å². The molecule has 2 heterocycles. The largest absolute Gasteiger partial charge is 0.478 e. The summed E-state index contributed by atoms with van der Waals surface area (Å²) >= 11 is 1.58. The van der Waals surface area contributed by atoms with Crippen molar-refractivity contribution in [3.63, 3.8) is 0 Å². The molecule has 0 saturated heterocycles. The molecule has 0 bridgehead atoms. The number of rotatable bonds is 3. The number of fused-ring (bicyclic) bond motifs is 1. The van der Waals surface area contributed by atoms with Crippen molar-refractivity contribution >= 4 is 28.9 Å². The molecule has 1 aromatic carbocycles. The molecule has 3 rings (SSSR count). The molecule has 1 aliphatic rings. The SMILES string of the molecule is O=C(O)c1ccc2c(c1)N(Cc1ccsc1)C(=O)C2. The van der Waals surface area contributed by atoms with E-state index in [0.717, 1.165) is 16.8 Å². The molecular weight excluding hydrogens is 262 g/mol. The Morgan fingerprint density at radius 2 is 2.21 bits per heavy atom. The van der Waals surface area contributed by atoms with Crippen molar-refractivity contribution in [2.45, 2.75) is 13.0 Å². The van der Waals surface area contributed by atoms with Gasteiger partial charge in [-0.1, -0.05) is 6.07 Å². The maximum absolute atomic E-state index is 12.0. The standard InChI is InChI=1S/C14H11NO3S/c16-13-6-10-1-2-11(14(17)18)5-12(10)15(13)7-9-3-4-19-8-9/h1-5,8H,6-7H2,(H,17,18). The molecule has 0 radical (unpaired) electrons. The van der Waals surface area contributed by atoms with Crippen LogP contribution in [-0.2, 0) is 17.8 Å². The topological polar surface area (TPSA) is 57.6 Å². The third kappa shape index (κ3) is 2.13. The van der Waals surface area contributed by atoms with Crippen LogP contribution in [0.5, 0.6) is 0 Å². The van der Waals surface area contributed by atoms with E-state index in [1.54, 1.807) is 34.4 Å². The van der Waals surface area contributed by atoms with Crippen molar-refractivity contribution in [1.29, 1.82) is 0 Å². The Bertz CT molecular complexity index is 649. The van der Waals surface area contributed by atoms with Crippen molar-refractivity contribution < 1.29 is 14.7 Å². The first-order chi connectivity index (χ1) is 9.15. The van der Waals surface area contributed by atoms with Crippen molar-refractivity contribution in [2.75, 3.05) is 4.90 Å². The normalized spacial score (nSPS) is 13.7. The number of carbonyl (C=O) groups is 2. The number of nitrogens with zero attached hydrogens (tertiary/aromatic N) is 1. The molecule has 1 N–H and O–H groups in total. The molecule has 0 saturated carbocycles. The summed E-state index contributed by atoms with van der Waals surface area (Å²) in [6, 6.07) is 6.82. The summed E-state index contributed by atoms with van der Waals surface area (Å²) in [7, 11) is 0. The lowest BCUT2D eigenvalue weighted by molar-refractivity contribution is -0.117. The van der Waals surface area contributed by atoms with E-state index in [1.807, 2.05) is 16.8 Å². The third-order valence-electron chi connectivity index (χ3n) is 3.19. The van der Waals surface area contributed by atoms with Crippen LogP contribution in [0.2, 0.25) is 0 Å². The van der Waals surface area contributed by atoms with Gasteiger partial charge < -0.3 is 10.0 Å². The highest BCUT2D eigenvalue weighted by Crippen LogP contribution is 2.31. The predicted octanol–water partition coefficient (Wildman–Crippen LogP) is 2.54. The van der Waals surface area contributed by atoms with Gasteiger partial charge in [-0.3, -0.25) is 4.79 Å². The van der Waals surface area contributed by atoms with Crippen LogP contribution in [0.3, 0.4) is 0 Å². The second-order valence-corrected chi connectivity index (χ2v) is 5.22. The molecule has 0 fully saturated rings. The quantitative estimate of drug-likeness (QED) is 0.935. The van der Waals surface area contributed by atoms with E-state index in [1.165, 1.54) is 0 Å². The lowest BCUT2D eigenvalue weighted by atomic mass is 10.1. The Kier molecular flexibility index (Phi) is 2.83.